The lowest BCUT2D eigenvalue weighted by molar-refractivity contribution is 0.751. The molecule has 0 bridgehead atoms. The zero-order valence-corrected chi connectivity index (χ0v) is 13.4. The van der Waals surface area contributed by atoms with Crippen molar-refractivity contribution >= 4 is 23.0 Å². The molecule has 0 saturated heterocycles. The average Bonchev–Trinajstić information content (AvgIpc) is 2.97. The number of anilines is 2. The summed E-state index contributed by atoms with van der Waals surface area (Å²) in [4.78, 5) is 12.9. The Morgan fingerprint density at radius 3 is 2.70 bits per heavy atom. The van der Waals surface area contributed by atoms with Crippen molar-refractivity contribution in [2.45, 2.75) is 33.2 Å². The van der Waals surface area contributed by atoms with Crippen molar-refractivity contribution in [3.8, 4) is 0 Å². The Bertz CT molecular complexity index is 537. The number of nitrogens with zero attached hydrogens (tertiary/aromatic N) is 3. The lowest BCUT2D eigenvalue weighted by atomic mass is 10.2. The number of thiophene rings is 1. The van der Waals surface area contributed by atoms with Crippen LogP contribution in [0.4, 0.5) is 11.6 Å². The number of rotatable bonds is 6. The number of hydrogen-bond donors (Lipinski definition) is 1. The van der Waals surface area contributed by atoms with Crippen molar-refractivity contribution < 1.29 is 0 Å². The van der Waals surface area contributed by atoms with E-state index in [0.29, 0.717) is 5.92 Å². The van der Waals surface area contributed by atoms with Gasteiger partial charge in [-0.25, -0.2) is 9.97 Å². The summed E-state index contributed by atoms with van der Waals surface area (Å²) in [6, 6.07) is 6.27. The van der Waals surface area contributed by atoms with Crippen LogP contribution in [-0.2, 0) is 6.54 Å². The molecule has 0 saturated carbocycles. The van der Waals surface area contributed by atoms with Crippen LogP contribution < -0.4 is 10.2 Å². The minimum Gasteiger partial charge on any atom is -0.373 e. The Labute approximate surface area is 124 Å². The maximum atomic E-state index is 4.71. The molecule has 0 aliphatic rings. The first kappa shape index (κ1) is 14.8. The number of aromatic nitrogens is 2. The second-order valence-corrected chi connectivity index (χ2v) is 6.00. The molecule has 0 aromatic carbocycles. The molecule has 2 aromatic heterocycles. The van der Waals surface area contributed by atoms with Crippen molar-refractivity contribution in [1.82, 2.24) is 9.97 Å². The van der Waals surface area contributed by atoms with E-state index in [1.807, 2.05) is 13.1 Å². The van der Waals surface area contributed by atoms with Gasteiger partial charge in [0.2, 0.25) is 0 Å². The van der Waals surface area contributed by atoms with Gasteiger partial charge in [-0.2, -0.15) is 0 Å². The Morgan fingerprint density at radius 1 is 1.35 bits per heavy atom. The molecule has 20 heavy (non-hydrogen) atoms. The summed E-state index contributed by atoms with van der Waals surface area (Å²) in [5, 5.41) is 5.24. The van der Waals surface area contributed by atoms with Crippen LogP contribution in [-0.4, -0.2) is 23.6 Å². The third kappa shape index (κ3) is 3.48. The first-order valence-corrected chi connectivity index (χ1v) is 7.86. The Balaban J connectivity index is 2.30. The van der Waals surface area contributed by atoms with Crippen LogP contribution in [0.3, 0.4) is 0 Å². The summed E-state index contributed by atoms with van der Waals surface area (Å²) in [5.74, 6) is 3.08. The van der Waals surface area contributed by atoms with Crippen molar-refractivity contribution in [1.29, 1.82) is 0 Å². The van der Waals surface area contributed by atoms with Crippen LogP contribution in [0.2, 0.25) is 0 Å². The monoisotopic (exact) mass is 290 g/mol. The fourth-order valence-electron chi connectivity index (χ4n) is 1.95. The van der Waals surface area contributed by atoms with E-state index in [1.54, 1.807) is 11.3 Å². The van der Waals surface area contributed by atoms with Crippen molar-refractivity contribution in [2.75, 3.05) is 23.8 Å². The molecule has 0 fully saturated rings. The fourth-order valence-corrected chi connectivity index (χ4v) is 2.67. The topological polar surface area (TPSA) is 41.0 Å². The minimum atomic E-state index is 0.322. The van der Waals surface area contributed by atoms with Crippen LogP contribution in [0.1, 0.15) is 37.4 Å². The highest BCUT2D eigenvalue weighted by Crippen LogP contribution is 2.22. The quantitative estimate of drug-likeness (QED) is 0.880. The molecule has 0 radical (unpaired) electrons. The van der Waals surface area contributed by atoms with Crippen molar-refractivity contribution in [3.63, 3.8) is 0 Å². The molecule has 0 atom stereocenters. The van der Waals surface area contributed by atoms with Gasteiger partial charge in [-0.15, -0.1) is 11.3 Å². The first-order chi connectivity index (χ1) is 9.63. The summed E-state index contributed by atoms with van der Waals surface area (Å²) in [5.41, 5.74) is 0. The third-order valence-electron chi connectivity index (χ3n) is 3.13. The van der Waals surface area contributed by atoms with Crippen LogP contribution in [0.25, 0.3) is 0 Å². The van der Waals surface area contributed by atoms with E-state index >= 15 is 0 Å². The van der Waals surface area contributed by atoms with Gasteiger partial charge in [-0.05, 0) is 18.4 Å². The molecule has 0 aliphatic carbocycles. The zero-order chi connectivity index (χ0) is 14.5. The summed E-state index contributed by atoms with van der Waals surface area (Å²) in [7, 11) is 1.89. The van der Waals surface area contributed by atoms with E-state index < -0.39 is 0 Å². The zero-order valence-electron chi connectivity index (χ0n) is 12.6. The molecule has 0 unspecified atom stereocenters. The van der Waals surface area contributed by atoms with Crippen LogP contribution in [0.15, 0.2) is 23.6 Å². The smallest absolute Gasteiger partial charge is 0.135 e. The second kappa shape index (κ2) is 6.70. The van der Waals surface area contributed by atoms with Crippen molar-refractivity contribution in [2.24, 2.45) is 0 Å². The van der Waals surface area contributed by atoms with E-state index in [2.05, 4.69) is 53.5 Å². The van der Waals surface area contributed by atoms with Gasteiger partial charge < -0.3 is 10.2 Å². The van der Waals surface area contributed by atoms with Gasteiger partial charge in [0.25, 0.3) is 0 Å². The summed E-state index contributed by atoms with van der Waals surface area (Å²) in [6.07, 6.45) is 0. The highest BCUT2D eigenvalue weighted by atomic mass is 32.1. The van der Waals surface area contributed by atoms with Gasteiger partial charge in [0.15, 0.2) is 0 Å². The van der Waals surface area contributed by atoms with E-state index in [1.165, 1.54) is 4.88 Å². The highest BCUT2D eigenvalue weighted by molar-refractivity contribution is 7.09. The van der Waals surface area contributed by atoms with Gasteiger partial charge in [-0.3, -0.25) is 0 Å². The minimum absolute atomic E-state index is 0.322. The van der Waals surface area contributed by atoms with Gasteiger partial charge in [0.05, 0.1) is 6.54 Å². The lowest BCUT2D eigenvalue weighted by Crippen LogP contribution is -2.23. The number of hydrogen-bond acceptors (Lipinski definition) is 5. The Hall–Kier alpha value is -1.62. The van der Waals surface area contributed by atoms with E-state index in [4.69, 9.17) is 4.98 Å². The molecule has 2 heterocycles. The second-order valence-electron chi connectivity index (χ2n) is 4.97. The fraction of sp³-hybridized carbons (Fsp3) is 0.467. The Kier molecular flexibility index (Phi) is 4.95. The molecule has 108 valence electrons. The molecule has 0 amide bonds. The molecule has 1 N–H and O–H groups in total. The molecular formula is C15H22N4S. The van der Waals surface area contributed by atoms with Crippen molar-refractivity contribution in [3.05, 3.63) is 34.3 Å². The molecule has 5 heteroatoms. The predicted molar refractivity (Wildman–Crippen MR) is 86.7 cm³/mol. The van der Waals surface area contributed by atoms with Crippen LogP contribution >= 0.6 is 11.3 Å². The van der Waals surface area contributed by atoms with E-state index in [0.717, 1.165) is 30.5 Å². The summed E-state index contributed by atoms with van der Waals surface area (Å²) >= 11 is 1.78. The normalized spacial score (nSPS) is 10.8. The SMILES string of the molecule is CCN(Cc1cccs1)c1cc(NC)nc(C(C)C)n1. The first-order valence-electron chi connectivity index (χ1n) is 6.98. The molecule has 0 aliphatic heterocycles. The summed E-state index contributed by atoms with van der Waals surface area (Å²) < 4.78 is 0. The van der Waals surface area contributed by atoms with Gasteiger partial charge in [0, 0.05) is 30.5 Å². The van der Waals surface area contributed by atoms with Crippen LogP contribution in [0.5, 0.6) is 0 Å². The van der Waals surface area contributed by atoms with E-state index in [9.17, 15) is 0 Å². The predicted octanol–water partition coefficient (Wildman–Crippen LogP) is 3.73. The molecular weight excluding hydrogens is 268 g/mol. The largest absolute Gasteiger partial charge is 0.373 e. The lowest BCUT2D eigenvalue weighted by Gasteiger charge is -2.22. The molecule has 2 rings (SSSR count). The van der Waals surface area contributed by atoms with E-state index in [-0.39, 0.29) is 0 Å². The Morgan fingerprint density at radius 2 is 2.15 bits per heavy atom. The molecule has 0 spiro atoms. The maximum Gasteiger partial charge on any atom is 0.135 e. The van der Waals surface area contributed by atoms with Gasteiger partial charge in [-0.1, -0.05) is 19.9 Å². The van der Waals surface area contributed by atoms with Gasteiger partial charge >= 0.3 is 0 Å². The van der Waals surface area contributed by atoms with Crippen LogP contribution in [0, 0.1) is 0 Å². The maximum absolute atomic E-state index is 4.71. The average molecular weight is 290 g/mol. The molecule has 2 aromatic rings. The third-order valence-corrected chi connectivity index (χ3v) is 4.00. The molecule has 4 nitrogen and oxygen atoms in total. The number of nitrogens with one attached hydrogen (secondary N) is 1. The highest BCUT2D eigenvalue weighted by Gasteiger charge is 2.13. The standard InChI is InChI=1S/C15H22N4S/c1-5-19(10-12-7-6-8-20-12)14-9-13(16-4)17-15(18-14)11(2)3/h6-9,11H,5,10H2,1-4H3,(H,16,17,18). The summed E-state index contributed by atoms with van der Waals surface area (Å²) in [6.45, 7) is 8.22. The van der Waals surface area contributed by atoms with Gasteiger partial charge in [0.1, 0.15) is 17.5 Å².